The van der Waals surface area contributed by atoms with Crippen molar-refractivity contribution in [1.82, 2.24) is 4.90 Å². The first-order valence-electron chi connectivity index (χ1n) is 6.00. The van der Waals surface area contributed by atoms with Crippen LogP contribution < -0.4 is 0 Å². The van der Waals surface area contributed by atoms with Crippen LogP contribution in [-0.2, 0) is 14.3 Å². The maximum absolute atomic E-state index is 11.6. The number of amides is 1. The van der Waals surface area contributed by atoms with Crippen LogP contribution in [0.25, 0.3) is 0 Å². The molecule has 0 aromatic carbocycles. The van der Waals surface area contributed by atoms with Crippen molar-refractivity contribution in [3.05, 3.63) is 0 Å². The molecule has 1 amide bonds. The molecule has 1 atom stereocenters. The Morgan fingerprint density at radius 1 is 1.65 bits per heavy atom. The quantitative estimate of drug-likeness (QED) is 0.617. The summed E-state index contributed by atoms with van der Waals surface area (Å²) in [7, 11) is 1.71. The lowest BCUT2D eigenvalue weighted by atomic mass is 10.1. The van der Waals surface area contributed by atoms with E-state index in [4.69, 9.17) is 14.7 Å². The summed E-state index contributed by atoms with van der Waals surface area (Å²) < 4.78 is 10.7. The van der Waals surface area contributed by atoms with Crippen molar-refractivity contribution in [3.8, 4) is 6.07 Å². The number of rotatable bonds is 7. The van der Waals surface area contributed by atoms with E-state index >= 15 is 0 Å². The largest absolute Gasteiger partial charge is 0.381 e. The molecule has 0 N–H and O–H groups in total. The first-order chi connectivity index (χ1) is 8.24. The lowest BCUT2D eigenvalue weighted by Crippen LogP contribution is -2.28. The molecule has 0 aromatic heterocycles. The van der Waals surface area contributed by atoms with Crippen LogP contribution in [0.4, 0.5) is 0 Å². The molecule has 5 nitrogen and oxygen atoms in total. The number of hydrogen-bond acceptors (Lipinski definition) is 4. The third kappa shape index (κ3) is 5.66. The number of ether oxygens (including phenoxy) is 2. The second-order valence-corrected chi connectivity index (χ2v) is 4.28. The van der Waals surface area contributed by atoms with Crippen LogP contribution in [-0.4, -0.2) is 50.8 Å². The molecule has 1 aliphatic rings. The average molecular weight is 240 g/mol. The lowest BCUT2D eigenvalue weighted by Gasteiger charge is -2.15. The summed E-state index contributed by atoms with van der Waals surface area (Å²) >= 11 is 0. The van der Waals surface area contributed by atoms with Gasteiger partial charge in [0.15, 0.2) is 0 Å². The van der Waals surface area contributed by atoms with Gasteiger partial charge in [0.1, 0.15) is 0 Å². The summed E-state index contributed by atoms with van der Waals surface area (Å²) in [4.78, 5) is 13.1. The zero-order valence-corrected chi connectivity index (χ0v) is 10.4. The second kappa shape index (κ2) is 8.04. The van der Waals surface area contributed by atoms with Crippen molar-refractivity contribution in [2.24, 2.45) is 5.92 Å². The molecular formula is C12H20N2O3. The Bertz CT molecular complexity index is 269. The molecule has 5 heteroatoms. The predicted octanol–water partition coefficient (Wildman–Crippen LogP) is 0.802. The van der Waals surface area contributed by atoms with Gasteiger partial charge in [-0.05, 0) is 6.42 Å². The summed E-state index contributed by atoms with van der Waals surface area (Å²) in [6.45, 7) is 3.22. The zero-order valence-electron chi connectivity index (χ0n) is 10.4. The van der Waals surface area contributed by atoms with Crippen molar-refractivity contribution in [3.63, 3.8) is 0 Å². The highest BCUT2D eigenvalue weighted by molar-refractivity contribution is 5.75. The summed E-state index contributed by atoms with van der Waals surface area (Å²) in [5, 5.41) is 8.41. The molecular weight excluding hydrogens is 220 g/mol. The van der Waals surface area contributed by atoms with Gasteiger partial charge in [0, 0.05) is 26.1 Å². The van der Waals surface area contributed by atoms with Crippen molar-refractivity contribution in [1.29, 1.82) is 5.26 Å². The van der Waals surface area contributed by atoms with E-state index in [0.29, 0.717) is 38.5 Å². The molecule has 1 rings (SSSR count). The van der Waals surface area contributed by atoms with Gasteiger partial charge in [0.2, 0.25) is 5.91 Å². The van der Waals surface area contributed by atoms with Gasteiger partial charge in [-0.1, -0.05) is 0 Å². The normalized spacial score (nSPS) is 18.9. The fourth-order valence-electron chi connectivity index (χ4n) is 1.66. The number of carbonyl (C=O) groups is 1. The molecule has 17 heavy (non-hydrogen) atoms. The molecule has 96 valence electrons. The van der Waals surface area contributed by atoms with Gasteiger partial charge in [0.05, 0.1) is 38.7 Å². The minimum absolute atomic E-state index is 0.0305. The third-order valence-corrected chi connectivity index (χ3v) is 2.82. The minimum atomic E-state index is 0.0305. The summed E-state index contributed by atoms with van der Waals surface area (Å²) in [6.07, 6.45) is 1.81. The van der Waals surface area contributed by atoms with Crippen molar-refractivity contribution < 1.29 is 14.3 Å². The molecule has 0 radical (unpaired) electrons. The molecule has 1 aliphatic heterocycles. The first-order valence-corrected chi connectivity index (χ1v) is 6.00. The van der Waals surface area contributed by atoms with Crippen molar-refractivity contribution in [2.45, 2.75) is 19.3 Å². The highest BCUT2D eigenvalue weighted by atomic mass is 16.5. The monoisotopic (exact) mass is 240 g/mol. The van der Waals surface area contributed by atoms with Gasteiger partial charge in [0.25, 0.3) is 0 Å². The van der Waals surface area contributed by atoms with Crippen LogP contribution in [0.1, 0.15) is 19.3 Å². The highest BCUT2D eigenvalue weighted by Crippen LogP contribution is 2.12. The first kappa shape index (κ1) is 13.9. The lowest BCUT2D eigenvalue weighted by molar-refractivity contribution is -0.131. The maximum atomic E-state index is 11.6. The molecule has 0 aromatic rings. The summed E-state index contributed by atoms with van der Waals surface area (Å²) in [5.74, 6) is 0.518. The van der Waals surface area contributed by atoms with E-state index in [2.05, 4.69) is 0 Å². The highest BCUT2D eigenvalue weighted by Gasteiger charge is 2.15. The minimum Gasteiger partial charge on any atom is -0.381 e. The molecule has 1 unspecified atom stereocenters. The van der Waals surface area contributed by atoms with E-state index < -0.39 is 0 Å². The van der Waals surface area contributed by atoms with Crippen LogP contribution in [0.15, 0.2) is 0 Å². The molecule has 0 bridgehead atoms. The van der Waals surface area contributed by atoms with Crippen LogP contribution in [0.2, 0.25) is 0 Å². The average Bonchev–Trinajstić information content (AvgIpc) is 2.84. The Hall–Kier alpha value is -1.12. The van der Waals surface area contributed by atoms with Gasteiger partial charge in [-0.2, -0.15) is 5.26 Å². The Morgan fingerprint density at radius 3 is 3.12 bits per heavy atom. The Kier molecular flexibility index (Phi) is 6.60. The smallest absolute Gasteiger partial charge is 0.224 e. The third-order valence-electron chi connectivity index (χ3n) is 2.82. The predicted molar refractivity (Wildman–Crippen MR) is 62.2 cm³/mol. The van der Waals surface area contributed by atoms with E-state index in [-0.39, 0.29) is 5.91 Å². The molecule has 0 saturated carbocycles. The Morgan fingerprint density at radius 2 is 2.47 bits per heavy atom. The van der Waals surface area contributed by atoms with Gasteiger partial charge >= 0.3 is 0 Å². The van der Waals surface area contributed by atoms with Crippen molar-refractivity contribution >= 4 is 5.91 Å². The van der Waals surface area contributed by atoms with Gasteiger partial charge in [-0.15, -0.1) is 0 Å². The van der Waals surface area contributed by atoms with E-state index in [1.54, 1.807) is 11.9 Å². The standard InChI is InChI=1S/C12H20N2O3/c1-14(6-2-5-13)12(15)4-8-17-10-11-3-7-16-9-11/h11H,2-4,6-10H2,1H3. The maximum Gasteiger partial charge on any atom is 0.224 e. The van der Waals surface area contributed by atoms with Crippen LogP contribution in [0.3, 0.4) is 0 Å². The molecule has 0 spiro atoms. The van der Waals surface area contributed by atoms with E-state index in [0.717, 1.165) is 19.6 Å². The van der Waals surface area contributed by atoms with Crippen molar-refractivity contribution in [2.75, 3.05) is 40.0 Å². The van der Waals surface area contributed by atoms with Crippen LogP contribution in [0.5, 0.6) is 0 Å². The fraction of sp³-hybridized carbons (Fsp3) is 0.833. The van der Waals surface area contributed by atoms with E-state index in [9.17, 15) is 4.79 Å². The molecule has 1 saturated heterocycles. The number of hydrogen-bond donors (Lipinski definition) is 0. The number of nitrogens with zero attached hydrogens (tertiary/aromatic N) is 2. The molecule has 1 fully saturated rings. The van der Waals surface area contributed by atoms with E-state index in [1.807, 2.05) is 6.07 Å². The topological polar surface area (TPSA) is 62.6 Å². The second-order valence-electron chi connectivity index (χ2n) is 4.28. The Labute approximate surface area is 102 Å². The van der Waals surface area contributed by atoms with Gasteiger partial charge in [-0.3, -0.25) is 4.79 Å². The fourth-order valence-corrected chi connectivity index (χ4v) is 1.66. The number of carbonyl (C=O) groups excluding carboxylic acids is 1. The van der Waals surface area contributed by atoms with Crippen LogP contribution in [0, 0.1) is 17.2 Å². The SMILES string of the molecule is CN(CCC#N)C(=O)CCOCC1CCOC1. The molecule has 1 heterocycles. The zero-order chi connectivity index (χ0) is 12.5. The summed E-state index contributed by atoms with van der Waals surface area (Å²) in [6, 6.07) is 2.02. The number of nitriles is 1. The van der Waals surface area contributed by atoms with Gasteiger partial charge in [-0.25, -0.2) is 0 Å². The Balaban J connectivity index is 2.01. The van der Waals surface area contributed by atoms with Gasteiger partial charge < -0.3 is 14.4 Å². The van der Waals surface area contributed by atoms with Crippen LogP contribution >= 0.6 is 0 Å². The van der Waals surface area contributed by atoms with E-state index in [1.165, 1.54) is 0 Å². The summed E-state index contributed by atoms with van der Waals surface area (Å²) in [5.41, 5.74) is 0. The molecule has 0 aliphatic carbocycles.